The lowest BCUT2D eigenvalue weighted by Gasteiger charge is -2.29. The van der Waals surface area contributed by atoms with Gasteiger partial charge >= 0.3 is 0 Å². The van der Waals surface area contributed by atoms with Gasteiger partial charge in [-0.3, -0.25) is 4.79 Å². The second kappa shape index (κ2) is 5.08. The quantitative estimate of drug-likeness (QED) is 0.796. The fraction of sp³-hybridized carbons (Fsp3) is 0.500. The van der Waals surface area contributed by atoms with Gasteiger partial charge in [-0.15, -0.1) is 0 Å². The first kappa shape index (κ1) is 11.7. The third-order valence-corrected chi connectivity index (χ3v) is 3.44. The van der Waals surface area contributed by atoms with Crippen LogP contribution in [0.3, 0.4) is 0 Å². The van der Waals surface area contributed by atoms with E-state index in [9.17, 15) is 4.79 Å². The molecule has 1 aromatic rings. The molecule has 4 nitrogen and oxygen atoms in total. The van der Waals surface area contributed by atoms with Crippen molar-refractivity contribution in [2.75, 3.05) is 26.4 Å². The number of hydrogen-bond donors (Lipinski definition) is 0. The van der Waals surface area contributed by atoms with Crippen LogP contribution in [-0.4, -0.2) is 38.3 Å². The second-order valence-electron chi connectivity index (χ2n) is 4.56. The highest BCUT2D eigenvalue weighted by Crippen LogP contribution is 2.35. The molecule has 0 N–H and O–H groups in total. The third kappa shape index (κ3) is 2.13. The first-order valence-corrected chi connectivity index (χ1v) is 6.31. The second-order valence-corrected chi connectivity index (χ2v) is 4.56. The smallest absolute Gasteiger partial charge is 0.171 e. The molecule has 0 aromatic heterocycles. The Morgan fingerprint density at radius 3 is 2.89 bits per heavy atom. The summed E-state index contributed by atoms with van der Waals surface area (Å²) in [5.74, 6) is 0.811. The zero-order chi connectivity index (χ0) is 12.4. The monoisotopic (exact) mass is 248 g/mol. The molecule has 0 amide bonds. The normalized spacial score (nSPS) is 27.1. The van der Waals surface area contributed by atoms with Crippen molar-refractivity contribution in [3.63, 3.8) is 0 Å². The lowest BCUT2D eigenvalue weighted by Crippen LogP contribution is -2.39. The number of rotatable bonds is 2. The van der Waals surface area contributed by atoms with E-state index in [4.69, 9.17) is 14.2 Å². The van der Waals surface area contributed by atoms with Crippen molar-refractivity contribution < 1.29 is 19.0 Å². The molecule has 2 aliphatic rings. The van der Waals surface area contributed by atoms with E-state index in [2.05, 4.69) is 0 Å². The summed E-state index contributed by atoms with van der Waals surface area (Å²) in [6.45, 7) is 2.04. The molecule has 0 radical (unpaired) electrons. The van der Waals surface area contributed by atoms with Crippen molar-refractivity contribution >= 4 is 5.78 Å². The first-order chi connectivity index (χ1) is 8.86. The van der Waals surface area contributed by atoms with Gasteiger partial charge in [0.25, 0.3) is 0 Å². The van der Waals surface area contributed by atoms with Crippen molar-refractivity contribution in [1.82, 2.24) is 0 Å². The maximum Gasteiger partial charge on any atom is 0.171 e. The van der Waals surface area contributed by atoms with Gasteiger partial charge in [0.1, 0.15) is 11.9 Å². The molecule has 0 saturated carbocycles. The lowest BCUT2D eigenvalue weighted by molar-refractivity contribution is -0.147. The van der Waals surface area contributed by atoms with E-state index in [1.54, 1.807) is 0 Å². The molecule has 0 spiro atoms. The topological polar surface area (TPSA) is 44.8 Å². The number of carbonyl (C=O) groups excluding carboxylic acids is 1. The number of ether oxygens (including phenoxy) is 3. The minimum absolute atomic E-state index is 0.116. The molecular weight excluding hydrogens is 232 g/mol. The Kier molecular flexibility index (Phi) is 3.30. The Hall–Kier alpha value is -1.39. The van der Waals surface area contributed by atoms with Gasteiger partial charge in [-0.25, -0.2) is 0 Å². The van der Waals surface area contributed by atoms with Crippen molar-refractivity contribution in [2.24, 2.45) is 0 Å². The summed E-state index contributed by atoms with van der Waals surface area (Å²) in [6, 6.07) is 7.73. The van der Waals surface area contributed by atoms with Crippen molar-refractivity contribution in [3.8, 4) is 5.75 Å². The average molecular weight is 248 g/mol. The minimum atomic E-state index is -0.421. The number of benzene rings is 1. The Labute approximate surface area is 106 Å². The molecule has 2 unspecified atom stereocenters. The molecular formula is C14H16O4. The standard InChI is InChI=1S/C14H16O4/c15-14(13-9-16-7-8-18-13)11-5-6-17-12-4-2-1-3-10(11)12/h1-4,11,13H,5-9H2. The van der Waals surface area contributed by atoms with Gasteiger partial charge in [0.2, 0.25) is 0 Å². The Morgan fingerprint density at radius 2 is 2.06 bits per heavy atom. The molecule has 18 heavy (non-hydrogen) atoms. The van der Waals surface area contributed by atoms with E-state index in [0.717, 1.165) is 17.7 Å². The van der Waals surface area contributed by atoms with Gasteiger partial charge in [0.15, 0.2) is 5.78 Å². The van der Waals surface area contributed by atoms with Gasteiger partial charge < -0.3 is 14.2 Å². The fourth-order valence-corrected chi connectivity index (χ4v) is 2.51. The Bertz CT molecular complexity index is 437. The highest BCUT2D eigenvalue weighted by molar-refractivity contribution is 5.90. The summed E-state index contributed by atoms with van der Waals surface area (Å²) < 4.78 is 16.4. The third-order valence-electron chi connectivity index (χ3n) is 3.44. The zero-order valence-corrected chi connectivity index (χ0v) is 10.1. The van der Waals surface area contributed by atoms with E-state index in [1.807, 2.05) is 24.3 Å². The maximum absolute atomic E-state index is 12.5. The molecule has 1 aromatic carbocycles. The minimum Gasteiger partial charge on any atom is -0.493 e. The summed E-state index contributed by atoms with van der Waals surface area (Å²) in [5, 5.41) is 0. The number of Topliss-reactive ketones (excluding diaryl/α,β-unsaturated/α-hetero) is 1. The van der Waals surface area contributed by atoms with Crippen LogP contribution in [0.5, 0.6) is 5.75 Å². The molecule has 96 valence electrons. The summed E-state index contributed by atoms with van der Waals surface area (Å²) in [6.07, 6.45) is 0.297. The number of hydrogen-bond acceptors (Lipinski definition) is 4. The SMILES string of the molecule is O=C(C1COCCO1)C1CCOc2ccccc21. The van der Waals surface area contributed by atoms with Crippen molar-refractivity contribution in [2.45, 2.75) is 18.4 Å². The summed E-state index contributed by atoms with van der Waals surface area (Å²) >= 11 is 0. The van der Waals surface area contributed by atoms with E-state index in [0.29, 0.717) is 26.4 Å². The van der Waals surface area contributed by atoms with Crippen LogP contribution in [0.4, 0.5) is 0 Å². The molecule has 1 fully saturated rings. The van der Waals surface area contributed by atoms with E-state index in [-0.39, 0.29) is 11.7 Å². The predicted molar refractivity (Wildman–Crippen MR) is 64.9 cm³/mol. The van der Waals surface area contributed by atoms with Crippen LogP contribution in [0.2, 0.25) is 0 Å². The molecule has 2 heterocycles. The summed E-state index contributed by atoms with van der Waals surface area (Å²) in [5.41, 5.74) is 0.975. The van der Waals surface area contributed by atoms with Crippen LogP contribution in [-0.2, 0) is 14.3 Å². The molecule has 0 aliphatic carbocycles. The van der Waals surface area contributed by atoms with E-state index >= 15 is 0 Å². The number of ketones is 1. The largest absolute Gasteiger partial charge is 0.493 e. The molecule has 3 rings (SSSR count). The molecule has 2 aliphatic heterocycles. The lowest BCUT2D eigenvalue weighted by atomic mass is 9.87. The summed E-state index contributed by atoms with van der Waals surface area (Å²) in [7, 11) is 0. The summed E-state index contributed by atoms with van der Waals surface area (Å²) in [4.78, 5) is 12.5. The van der Waals surface area contributed by atoms with Crippen LogP contribution in [0.15, 0.2) is 24.3 Å². The van der Waals surface area contributed by atoms with Crippen LogP contribution >= 0.6 is 0 Å². The van der Waals surface area contributed by atoms with Gasteiger partial charge in [0.05, 0.1) is 32.3 Å². The zero-order valence-electron chi connectivity index (χ0n) is 10.1. The first-order valence-electron chi connectivity index (χ1n) is 6.31. The Morgan fingerprint density at radius 1 is 1.17 bits per heavy atom. The van der Waals surface area contributed by atoms with Gasteiger partial charge in [-0.2, -0.15) is 0 Å². The van der Waals surface area contributed by atoms with Crippen molar-refractivity contribution in [1.29, 1.82) is 0 Å². The van der Waals surface area contributed by atoms with Crippen LogP contribution < -0.4 is 4.74 Å². The fourth-order valence-electron chi connectivity index (χ4n) is 2.51. The maximum atomic E-state index is 12.5. The Balaban J connectivity index is 1.82. The van der Waals surface area contributed by atoms with Gasteiger partial charge in [-0.1, -0.05) is 18.2 Å². The van der Waals surface area contributed by atoms with Gasteiger partial charge in [-0.05, 0) is 12.5 Å². The highest BCUT2D eigenvalue weighted by Gasteiger charge is 2.33. The average Bonchev–Trinajstić information content (AvgIpc) is 2.47. The molecule has 1 saturated heterocycles. The van der Waals surface area contributed by atoms with Gasteiger partial charge in [0, 0.05) is 5.56 Å². The number of para-hydroxylation sites is 1. The van der Waals surface area contributed by atoms with Crippen LogP contribution in [0.25, 0.3) is 0 Å². The van der Waals surface area contributed by atoms with Crippen molar-refractivity contribution in [3.05, 3.63) is 29.8 Å². The predicted octanol–water partition coefficient (Wildman–Crippen LogP) is 1.54. The van der Waals surface area contributed by atoms with E-state index in [1.165, 1.54) is 0 Å². The van der Waals surface area contributed by atoms with Crippen LogP contribution in [0, 0.1) is 0 Å². The molecule has 0 bridgehead atoms. The molecule has 2 atom stereocenters. The molecule has 4 heteroatoms. The number of carbonyl (C=O) groups is 1. The number of fused-ring (bicyclic) bond motifs is 1. The van der Waals surface area contributed by atoms with Crippen LogP contribution in [0.1, 0.15) is 17.9 Å². The van der Waals surface area contributed by atoms with E-state index < -0.39 is 6.10 Å². The highest BCUT2D eigenvalue weighted by atomic mass is 16.6.